The lowest BCUT2D eigenvalue weighted by molar-refractivity contribution is -0.380. The molecule has 1 aliphatic carbocycles. The van der Waals surface area contributed by atoms with E-state index in [0.717, 1.165) is 37.0 Å². The van der Waals surface area contributed by atoms with E-state index in [1.54, 1.807) is 0 Å². The highest BCUT2D eigenvalue weighted by Gasteiger charge is 2.23. The molecule has 1 aromatic heterocycles. The second-order valence-electron chi connectivity index (χ2n) is 4.25. The maximum atomic E-state index is 10.5. The summed E-state index contributed by atoms with van der Waals surface area (Å²) in [7, 11) is 0. The number of hydrogen-bond donors (Lipinski definition) is 2. The summed E-state index contributed by atoms with van der Waals surface area (Å²) in [6, 6.07) is 0. The van der Waals surface area contributed by atoms with Crippen molar-refractivity contribution >= 4 is 21.5 Å². The lowest BCUT2D eigenvalue weighted by atomic mass is 9.86. The first-order chi connectivity index (χ1) is 8.16. The number of nitrogens with zero attached hydrogens (tertiary/aromatic N) is 2. The fourth-order valence-electron chi connectivity index (χ4n) is 2.08. The van der Waals surface area contributed by atoms with Gasteiger partial charge in [-0.25, -0.2) is 4.98 Å². The van der Waals surface area contributed by atoms with Crippen LogP contribution in [0.2, 0.25) is 0 Å². The zero-order valence-electron chi connectivity index (χ0n) is 9.33. The van der Waals surface area contributed by atoms with Crippen LogP contribution in [0.15, 0.2) is 6.20 Å². The van der Waals surface area contributed by atoms with Crippen LogP contribution in [0.3, 0.4) is 0 Å². The summed E-state index contributed by atoms with van der Waals surface area (Å²) < 4.78 is 0. The number of nitrogens with one attached hydrogen (secondary N) is 1. The molecule has 2 unspecified atom stereocenters. The van der Waals surface area contributed by atoms with Gasteiger partial charge in [-0.2, -0.15) is 0 Å². The molecule has 0 radical (unpaired) electrons. The number of aromatic nitrogens is 1. The van der Waals surface area contributed by atoms with E-state index >= 15 is 0 Å². The predicted molar refractivity (Wildman–Crippen MR) is 65.2 cm³/mol. The topological polar surface area (TPSA) is 88.3 Å². The molecule has 1 heterocycles. The number of rotatable bonds is 4. The predicted octanol–water partition coefficient (Wildman–Crippen LogP) is 2.01. The molecule has 0 aromatic carbocycles. The Kier molecular flexibility index (Phi) is 3.90. The van der Waals surface area contributed by atoms with Crippen LogP contribution in [0, 0.1) is 16.0 Å². The van der Waals surface area contributed by atoms with E-state index in [1.807, 2.05) is 0 Å². The highest BCUT2D eigenvalue weighted by atomic mass is 32.1. The van der Waals surface area contributed by atoms with Crippen LogP contribution in [-0.4, -0.2) is 27.7 Å². The largest absolute Gasteiger partial charge is 0.393 e. The van der Waals surface area contributed by atoms with Crippen LogP contribution in [0.1, 0.15) is 25.7 Å². The maximum absolute atomic E-state index is 10.5. The Labute approximate surface area is 103 Å². The molecule has 17 heavy (non-hydrogen) atoms. The van der Waals surface area contributed by atoms with Gasteiger partial charge in [0, 0.05) is 12.5 Å². The van der Waals surface area contributed by atoms with E-state index in [1.165, 1.54) is 6.20 Å². The quantitative estimate of drug-likeness (QED) is 0.636. The lowest BCUT2D eigenvalue weighted by Gasteiger charge is -2.27. The number of thiazole rings is 1. The van der Waals surface area contributed by atoms with Crippen LogP contribution < -0.4 is 5.32 Å². The number of aliphatic hydroxyl groups is 1. The third-order valence-corrected chi connectivity index (χ3v) is 3.96. The van der Waals surface area contributed by atoms with E-state index in [-0.39, 0.29) is 17.0 Å². The van der Waals surface area contributed by atoms with Crippen molar-refractivity contribution in [3.63, 3.8) is 0 Å². The van der Waals surface area contributed by atoms with Gasteiger partial charge < -0.3 is 10.4 Å². The second kappa shape index (κ2) is 5.42. The van der Waals surface area contributed by atoms with Gasteiger partial charge in [-0.15, -0.1) is 0 Å². The van der Waals surface area contributed by atoms with E-state index in [9.17, 15) is 15.2 Å². The minimum Gasteiger partial charge on any atom is -0.393 e. The standard InChI is InChI=1S/C10H15N3O3S/c14-8-4-2-1-3-7(8)5-11-10-12-6-9(17-10)13(15)16/h6-8,14H,1-5H2,(H,11,12). The average molecular weight is 257 g/mol. The first-order valence-electron chi connectivity index (χ1n) is 5.69. The van der Waals surface area contributed by atoms with Gasteiger partial charge in [-0.1, -0.05) is 12.8 Å². The Bertz CT molecular complexity index is 396. The summed E-state index contributed by atoms with van der Waals surface area (Å²) in [5.41, 5.74) is 0. The Morgan fingerprint density at radius 2 is 2.35 bits per heavy atom. The molecule has 7 heteroatoms. The third-order valence-electron chi connectivity index (χ3n) is 3.06. The van der Waals surface area contributed by atoms with Crippen molar-refractivity contribution in [2.24, 2.45) is 5.92 Å². The van der Waals surface area contributed by atoms with Crippen molar-refractivity contribution in [1.82, 2.24) is 4.98 Å². The van der Waals surface area contributed by atoms with Crippen LogP contribution in [0.25, 0.3) is 0 Å². The Balaban J connectivity index is 1.86. The number of anilines is 1. The Morgan fingerprint density at radius 3 is 3.00 bits per heavy atom. The summed E-state index contributed by atoms with van der Waals surface area (Å²) >= 11 is 1.03. The molecular formula is C10H15N3O3S. The molecule has 0 bridgehead atoms. The monoisotopic (exact) mass is 257 g/mol. The molecule has 1 aromatic rings. The maximum Gasteiger partial charge on any atom is 0.345 e. The van der Waals surface area contributed by atoms with Crippen LogP contribution in [0.4, 0.5) is 10.1 Å². The summed E-state index contributed by atoms with van der Waals surface area (Å²) in [6.45, 7) is 0.631. The van der Waals surface area contributed by atoms with Gasteiger partial charge in [0.25, 0.3) is 0 Å². The van der Waals surface area contributed by atoms with E-state index in [0.29, 0.717) is 11.7 Å². The summed E-state index contributed by atoms with van der Waals surface area (Å²) in [4.78, 5) is 14.0. The van der Waals surface area contributed by atoms with E-state index < -0.39 is 4.92 Å². The summed E-state index contributed by atoms with van der Waals surface area (Å²) in [5, 5.41) is 23.9. The molecule has 1 aliphatic rings. The molecule has 2 rings (SSSR count). The molecule has 0 aliphatic heterocycles. The van der Waals surface area contributed by atoms with Crippen LogP contribution in [-0.2, 0) is 0 Å². The van der Waals surface area contributed by atoms with Crippen molar-refractivity contribution in [3.05, 3.63) is 16.3 Å². The van der Waals surface area contributed by atoms with Gasteiger partial charge in [0.15, 0.2) is 5.13 Å². The molecule has 1 fully saturated rings. The van der Waals surface area contributed by atoms with Crippen LogP contribution >= 0.6 is 11.3 Å². The van der Waals surface area contributed by atoms with E-state index in [2.05, 4.69) is 10.3 Å². The molecule has 6 nitrogen and oxygen atoms in total. The highest BCUT2D eigenvalue weighted by Crippen LogP contribution is 2.28. The molecule has 2 atom stereocenters. The molecule has 94 valence electrons. The van der Waals surface area contributed by atoms with Crippen molar-refractivity contribution in [2.75, 3.05) is 11.9 Å². The zero-order chi connectivity index (χ0) is 12.3. The van der Waals surface area contributed by atoms with Gasteiger partial charge in [0.05, 0.1) is 11.0 Å². The van der Waals surface area contributed by atoms with Gasteiger partial charge in [-0.3, -0.25) is 10.1 Å². The molecule has 1 saturated carbocycles. The van der Waals surface area contributed by atoms with Crippen molar-refractivity contribution in [3.8, 4) is 0 Å². The van der Waals surface area contributed by atoms with Gasteiger partial charge in [0.2, 0.25) is 0 Å². The van der Waals surface area contributed by atoms with Crippen LogP contribution in [0.5, 0.6) is 0 Å². The first-order valence-corrected chi connectivity index (χ1v) is 6.50. The highest BCUT2D eigenvalue weighted by molar-refractivity contribution is 7.18. The fraction of sp³-hybridized carbons (Fsp3) is 0.700. The van der Waals surface area contributed by atoms with Crippen molar-refractivity contribution in [1.29, 1.82) is 0 Å². The smallest absolute Gasteiger partial charge is 0.345 e. The first kappa shape index (κ1) is 12.3. The summed E-state index contributed by atoms with van der Waals surface area (Å²) in [5.74, 6) is 0.228. The molecule has 0 amide bonds. The SMILES string of the molecule is O=[N+]([O-])c1cnc(NCC2CCCCC2O)s1. The zero-order valence-corrected chi connectivity index (χ0v) is 10.2. The Morgan fingerprint density at radius 1 is 1.59 bits per heavy atom. The molecule has 2 N–H and O–H groups in total. The minimum absolute atomic E-state index is 0.0386. The van der Waals surface area contributed by atoms with Crippen molar-refractivity contribution < 1.29 is 10.0 Å². The summed E-state index contributed by atoms with van der Waals surface area (Å²) in [6.07, 6.45) is 5.07. The van der Waals surface area contributed by atoms with Crippen molar-refractivity contribution in [2.45, 2.75) is 31.8 Å². The lowest BCUT2D eigenvalue weighted by Crippen LogP contribution is -2.30. The molecule has 0 saturated heterocycles. The number of hydrogen-bond acceptors (Lipinski definition) is 6. The van der Waals surface area contributed by atoms with Gasteiger partial charge in [-0.05, 0) is 24.2 Å². The number of aliphatic hydroxyl groups excluding tert-OH is 1. The Hall–Kier alpha value is -1.21. The molecule has 0 spiro atoms. The number of nitro groups is 1. The van der Waals surface area contributed by atoms with Gasteiger partial charge in [0.1, 0.15) is 6.20 Å². The molecular weight excluding hydrogens is 242 g/mol. The normalized spacial score (nSPS) is 24.5. The fourth-order valence-corrected chi connectivity index (χ4v) is 2.72. The second-order valence-corrected chi connectivity index (χ2v) is 5.26. The minimum atomic E-state index is -0.446. The third kappa shape index (κ3) is 3.13. The van der Waals surface area contributed by atoms with Gasteiger partial charge >= 0.3 is 5.00 Å². The average Bonchev–Trinajstić information content (AvgIpc) is 2.77. The van der Waals surface area contributed by atoms with E-state index in [4.69, 9.17) is 0 Å².